The molecule has 1 saturated heterocycles. The van der Waals surface area contributed by atoms with E-state index in [0.29, 0.717) is 34.5 Å². The monoisotopic (exact) mass is 351 g/mol. The smallest absolute Gasteiger partial charge is 0.200 e. The molecule has 5 heteroatoms. The van der Waals surface area contributed by atoms with Crippen molar-refractivity contribution in [2.75, 3.05) is 26.2 Å². The number of ether oxygens (including phenoxy) is 1. The summed E-state index contributed by atoms with van der Waals surface area (Å²) < 4.78 is 11.5. The Morgan fingerprint density at radius 3 is 2.62 bits per heavy atom. The molecule has 0 aliphatic carbocycles. The van der Waals surface area contributed by atoms with E-state index in [1.807, 2.05) is 6.07 Å². The molecule has 2 heterocycles. The van der Waals surface area contributed by atoms with E-state index >= 15 is 0 Å². The largest absolute Gasteiger partial charge is 0.508 e. The molecule has 0 atom stereocenters. The van der Waals surface area contributed by atoms with Crippen molar-refractivity contribution in [3.8, 4) is 22.6 Å². The third-order valence-corrected chi connectivity index (χ3v) is 4.80. The molecule has 1 aliphatic heterocycles. The number of fused-ring (bicyclic) bond motifs is 1. The third-order valence-electron chi connectivity index (χ3n) is 4.80. The van der Waals surface area contributed by atoms with Crippen LogP contribution in [0, 0.1) is 0 Å². The highest BCUT2D eigenvalue weighted by molar-refractivity contribution is 5.82. The highest BCUT2D eigenvalue weighted by atomic mass is 16.5. The van der Waals surface area contributed by atoms with Crippen molar-refractivity contribution in [2.24, 2.45) is 0 Å². The number of phenols is 1. The van der Waals surface area contributed by atoms with Gasteiger partial charge in [-0.1, -0.05) is 12.1 Å². The fraction of sp³-hybridized carbons (Fsp3) is 0.286. The molecule has 0 unspecified atom stereocenters. The molecule has 134 valence electrons. The first-order valence-electron chi connectivity index (χ1n) is 8.91. The van der Waals surface area contributed by atoms with E-state index in [1.165, 1.54) is 19.1 Å². The zero-order valence-corrected chi connectivity index (χ0v) is 14.5. The molecule has 0 radical (unpaired) electrons. The number of phenolic OH excluding ortho intramolecular Hbond substituents is 1. The van der Waals surface area contributed by atoms with Crippen molar-refractivity contribution in [3.63, 3.8) is 0 Å². The van der Waals surface area contributed by atoms with Gasteiger partial charge in [0.2, 0.25) is 0 Å². The Balaban J connectivity index is 1.54. The standard InChI is InChI=1S/C21H21NO4/c23-16-5-3-15(4-6-16)19-14-26-20-13-17(7-8-18(20)21(19)24)25-12-11-22-9-1-2-10-22/h3-8,13-14,23H,1-2,9-12H2. The predicted molar refractivity (Wildman–Crippen MR) is 101 cm³/mol. The summed E-state index contributed by atoms with van der Waals surface area (Å²) in [6, 6.07) is 11.8. The van der Waals surface area contributed by atoms with Gasteiger partial charge in [0.15, 0.2) is 5.43 Å². The molecule has 4 rings (SSSR count). The average molecular weight is 351 g/mol. The number of rotatable bonds is 5. The molecule has 1 aromatic heterocycles. The lowest BCUT2D eigenvalue weighted by Crippen LogP contribution is -2.25. The van der Waals surface area contributed by atoms with Gasteiger partial charge in [0.1, 0.15) is 30.0 Å². The fourth-order valence-corrected chi connectivity index (χ4v) is 3.34. The van der Waals surface area contributed by atoms with Crippen molar-refractivity contribution in [1.82, 2.24) is 4.90 Å². The van der Waals surface area contributed by atoms with Crippen molar-refractivity contribution in [2.45, 2.75) is 12.8 Å². The van der Waals surface area contributed by atoms with Gasteiger partial charge in [0, 0.05) is 12.6 Å². The summed E-state index contributed by atoms with van der Waals surface area (Å²) in [6.07, 6.45) is 4.00. The van der Waals surface area contributed by atoms with Gasteiger partial charge in [-0.15, -0.1) is 0 Å². The Labute approximate surface area is 151 Å². The zero-order valence-electron chi connectivity index (χ0n) is 14.5. The molecule has 2 aromatic carbocycles. The maximum Gasteiger partial charge on any atom is 0.200 e. The molecule has 3 aromatic rings. The molecular weight excluding hydrogens is 330 g/mol. The molecule has 1 fully saturated rings. The van der Waals surface area contributed by atoms with Gasteiger partial charge < -0.3 is 14.3 Å². The summed E-state index contributed by atoms with van der Waals surface area (Å²) in [5.41, 5.74) is 1.60. The normalized spacial score (nSPS) is 14.8. The number of hydrogen-bond donors (Lipinski definition) is 1. The van der Waals surface area contributed by atoms with Gasteiger partial charge in [-0.3, -0.25) is 9.69 Å². The Morgan fingerprint density at radius 1 is 1.08 bits per heavy atom. The van der Waals surface area contributed by atoms with Crippen LogP contribution in [0.5, 0.6) is 11.5 Å². The lowest BCUT2D eigenvalue weighted by molar-refractivity contribution is 0.238. The van der Waals surface area contributed by atoms with Crippen LogP contribution in [0.15, 0.2) is 57.9 Å². The van der Waals surface area contributed by atoms with Crippen LogP contribution in [0.2, 0.25) is 0 Å². The zero-order chi connectivity index (χ0) is 17.9. The molecule has 0 spiro atoms. The van der Waals surface area contributed by atoms with Crippen LogP contribution >= 0.6 is 0 Å². The SMILES string of the molecule is O=c1c(-c2ccc(O)cc2)coc2cc(OCCN3CCCC3)ccc12. The van der Waals surface area contributed by atoms with Crippen molar-refractivity contribution in [1.29, 1.82) is 0 Å². The summed E-state index contributed by atoms with van der Waals surface area (Å²) in [6.45, 7) is 3.84. The van der Waals surface area contributed by atoms with E-state index in [4.69, 9.17) is 9.15 Å². The second-order valence-electron chi connectivity index (χ2n) is 6.58. The van der Waals surface area contributed by atoms with Crippen LogP contribution in [-0.4, -0.2) is 36.2 Å². The van der Waals surface area contributed by atoms with Crippen LogP contribution < -0.4 is 10.2 Å². The van der Waals surface area contributed by atoms with E-state index in [0.717, 1.165) is 19.6 Å². The van der Waals surface area contributed by atoms with E-state index in [-0.39, 0.29) is 11.2 Å². The minimum absolute atomic E-state index is 0.0967. The van der Waals surface area contributed by atoms with Crippen LogP contribution in [0.25, 0.3) is 22.1 Å². The molecule has 1 aliphatic rings. The van der Waals surface area contributed by atoms with Gasteiger partial charge in [-0.2, -0.15) is 0 Å². The summed E-state index contributed by atoms with van der Waals surface area (Å²) in [4.78, 5) is 15.1. The van der Waals surface area contributed by atoms with Crippen molar-refractivity contribution in [3.05, 3.63) is 59.0 Å². The minimum Gasteiger partial charge on any atom is -0.508 e. The third kappa shape index (κ3) is 3.44. The number of hydrogen-bond acceptors (Lipinski definition) is 5. The minimum atomic E-state index is -0.0967. The van der Waals surface area contributed by atoms with E-state index in [2.05, 4.69) is 4.90 Å². The second kappa shape index (κ2) is 7.22. The van der Waals surface area contributed by atoms with E-state index in [1.54, 1.807) is 36.4 Å². The highest BCUT2D eigenvalue weighted by Gasteiger charge is 2.12. The van der Waals surface area contributed by atoms with Crippen LogP contribution in [0.1, 0.15) is 12.8 Å². The molecule has 0 bridgehead atoms. The van der Waals surface area contributed by atoms with Gasteiger partial charge in [-0.25, -0.2) is 0 Å². The lowest BCUT2D eigenvalue weighted by Gasteiger charge is -2.15. The maximum absolute atomic E-state index is 12.7. The van der Waals surface area contributed by atoms with Gasteiger partial charge in [0.25, 0.3) is 0 Å². The topological polar surface area (TPSA) is 62.9 Å². The Kier molecular flexibility index (Phi) is 4.63. The summed E-state index contributed by atoms with van der Waals surface area (Å²) in [5, 5.41) is 9.91. The first-order chi connectivity index (χ1) is 12.7. The second-order valence-corrected chi connectivity index (χ2v) is 6.58. The first-order valence-corrected chi connectivity index (χ1v) is 8.91. The number of aromatic hydroxyl groups is 1. The number of benzene rings is 2. The Bertz CT molecular complexity index is 956. The molecule has 1 N–H and O–H groups in total. The van der Waals surface area contributed by atoms with Crippen molar-refractivity contribution >= 4 is 11.0 Å². The van der Waals surface area contributed by atoms with Crippen LogP contribution in [0.4, 0.5) is 0 Å². The number of nitrogens with zero attached hydrogens (tertiary/aromatic N) is 1. The summed E-state index contributed by atoms with van der Waals surface area (Å²) in [7, 11) is 0. The average Bonchev–Trinajstić information content (AvgIpc) is 3.16. The summed E-state index contributed by atoms with van der Waals surface area (Å²) >= 11 is 0. The fourth-order valence-electron chi connectivity index (χ4n) is 3.34. The van der Waals surface area contributed by atoms with Gasteiger partial charge in [-0.05, 0) is 55.8 Å². The molecule has 5 nitrogen and oxygen atoms in total. The van der Waals surface area contributed by atoms with E-state index < -0.39 is 0 Å². The maximum atomic E-state index is 12.7. The molecule has 0 saturated carbocycles. The molecule has 26 heavy (non-hydrogen) atoms. The quantitative estimate of drug-likeness (QED) is 0.760. The Hall–Kier alpha value is -2.79. The Morgan fingerprint density at radius 2 is 1.85 bits per heavy atom. The molecule has 0 amide bonds. The van der Waals surface area contributed by atoms with Crippen LogP contribution in [0.3, 0.4) is 0 Å². The highest BCUT2D eigenvalue weighted by Crippen LogP contribution is 2.24. The van der Waals surface area contributed by atoms with E-state index in [9.17, 15) is 9.90 Å². The lowest BCUT2D eigenvalue weighted by atomic mass is 10.1. The number of likely N-dealkylation sites (tertiary alicyclic amines) is 1. The molecular formula is C21H21NO4. The van der Waals surface area contributed by atoms with Crippen LogP contribution in [-0.2, 0) is 0 Å². The first kappa shape index (κ1) is 16.7. The van der Waals surface area contributed by atoms with Gasteiger partial charge in [0.05, 0.1) is 10.9 Å². The van der Waals surface area contributed by atoms with Gasteiger partial charge >= 0.3 is 0 Å². The predicted octanol–water partition coefficient (Wildman–Crippen LogP) is 3.64. The summed E-state index contributed by atoms with van der Waals surface area (Å²) in [5.74, 6) is 0.867. The van der Waals surface area contributed by atoms with Crippen molar-refractivity contribution < 1.29 is 14.3 Å².